The van der Waals surface area contributed by atoms with Gasteiger partial charge in [-0.1, -0.05) is 181 Å². The fourth-order valence-electron chi connectivity index (χ4n) is 13.8. The van der Waals surface area contributed by atoms with Crippen LogP contribution < -0.4 is 21.1 Å². The Balaban J connectivity index is 1.24. The lowest BCUT2D eigenvalue weighted by atomic mass is 9.54. The predicted molar refractivity (Wildman–Crippen MR) is 331 cm³/mol. The van der Waals surface area contributed by atoms with Gasteiger partial charge >= 0.3 is 0 Å². The second-order valence-corrected chi connectivity index (χ2v) is 28.5. The van der Waals surface area contributed by atoms with E-state index in [-0.39, 0.29) is 32.5 Å². The summed E-state index contributed by atoms with van der Waals surface area (Å²) in [5.74, 6) is 0. The van der Waals surface area contributed by atoms with Crippen molar-refractivity contribution < 1.29 is 0 Å². The Morgan fingerprint density at radius 3 is 1.84 bits per heavy atom. The third-order valence-corrected chi connectivity index (χ3v) is 19.1. The topological polar surface area (TPSA) is 15.3 Å². The van der Waals surface area contributed by atoms with Crippen molar-refractivity contribution in [3.63, 3.8) is 0 Å². The minimum Gasteiger partial charge on any atom is -0.355 e. The van der Waals surface area contributed by atoms with Gasteiger partial charge in [-0.05, 0) is 223 Å². The molecule has 0 aromatic heterocycles. The summed E-state index contributed by atoms with van der Waals surface area (Å²) < 4.78 is 0. The lowest BCUT2D eigenvalue weighted by Gasteiger charge is -2.45. The van der Waals surface area contributed by atoms with Gasteiger partial charge in [-0.15, -0.1) is 0 Å². The summed E-state index contributed by atoms with van der Waals surface area (Å²) in [4.78, 5) is 2.73. The normalized spacial score (nSPS) is 17.4. The van der Waals surface area contributed by atoms with Crippen LogP contribution in [0, 0.1) is 19.3 Å². The molecule has 4 aliphatic rings. The Bertz CT molecular complexity index is 3440. The Hall–Kier alpha value is -5.80. The monoisotopic (exact) mass is 1000 g/mol. The molecule has 7 aromatic carbocycles. The molecule has 3 aliphatic carbocycles. The second kappa shape index (κ2) is 18.4. The molecule has 7 aromatic rings. The summed E-state index contributed by atoms with van der Waals surface area (Å²) >= 11 is 0. The van der Waals surface area contributed by atoms with Gasteiger partial charge in [0.2, 0.25) is 0 Å². The summed E-state index contributed by atoms with van der Waals surface area (Å²) in [7, 11) is 2.61. The molecule has 1 aliphatic heterocycles. The van der Waals surface area contributed by atoms with Gasteiger partial charge in [-0.3, -0.25) is 0 Å². The molecule has 2 nitrogen and oxygen atoms in total. The van der Waals surface area contributed by atoms with Crippen LogP contribution in [0.4, 0.5) is 28.4 Å². The van der Waals surface area contributed by atoms with Crippen molar-refractivity contribution in [3.8, 4) is 33.4 Å². The van der Waals surface area contributed by atoms with Crippen LogP contribution >= 0.6 is 0 Å². The number of nitrogens with one attached hydrogen (secondary N) is 1. The quantitative estimate of drug-likeness (QED) is 0.137. The molecule has 0 saturated carbocycles. The van der Waals surface area contributed by atoms with Crippen molar-refractivity contribution >= 4 is 46.6 Å². The SMILES string of the molecule is CCCc1cc(Nc2ccc(C)cc2)c(-c2cc3c(c4c2[B]c2cc5c(cc2N4c2cccc(C(C)(C)CCC(C)(C)C)c2)C(C)(C)CCC5(C)C)Cc2ccccc2-3)cc1-c1cc2c(cc1C)C(C)(C)CCC2(C)C. The molecular weight excluding hydrogens is 916 g/mol. The molecule has 0 bridgehead atoms. The van der Waals surface area contributed by atoms with Crippen LogP contribution in [0.3, 0.4) is 0 Å². The summed E-state index contributed by atoms with van der Waals surface area (Å²) in [6, 6.07) is 46.1. The van der Waals surface area contributed by atoms with Crippen LogP contribution in [0.15, 0.2) is 115 Å². The fraction of sp³-hybridized carbons (Fsp3) is 0.425. The molecule has 0 unspecified atom stereocenters. The average molecular weight is 1000 g/mol. The maximum atomic E-state index is 4.10. The number of aryl methyl sites for hydroxylation is 3. The summed E-state index contributed by atoms with van der Waals surface area (Å²) in [5.41, 5.74) is 31.5. The fourth-order valence-corrected chi connectivity index (χ4v) is 13.8. The average Bonchev–Trinajstić information content (AvgIpc) is 3.74. The largest absolute Gasteiger partial charge is 0.355 e. The van der Waals surface area contributed by atoms with E-state index in [1.807, 2.05) is 0 Å². The van der Waals surface area contributed by atoms with Gasteiger partial charge in [-0.25, -0.2) is 0 Å². The van der Waals surface area contributed by atoms with Crippen molar-refractivity contribution in [2.75, 3.05) is 10.2 Å². The van der Waals surface area contributed by atoms with Crippen LogP contribution in [0.25, 0.3) is 33.4 Å². The molecule has 76 heavy (non-hydrogen) atoms. The molecule has 11 rings (SSSR count). The molecule has 0 fully saturated rings. The minimum absolute atomic E-state index is 0.00821. The number of fused-ring (bicyclic) bond motifs is 8. The Kier molecular flexibility index (Phi) is 12.7. The molecule has 391 valence electrons. The molecule has 1 heterocycles. The summed E-state index contributed by atoms with van der Waals surface area (Å²) in [5, 5.41) is 4.10. The maximum absolute atomic E-state index is 4.10. The first-order valence-corrected chi connectivity index (χ1v) is 29.1. The minimum atomic E-state index is -0.00821. The van der Waals surface area contributed by atoms with Gasteiger partial charge in [0.15, 0.2) is 7.28 Å². The summed E-state index contributed by atoms with van der Waals surface area (Å²) in [6.07, 6.45) is 9.97. The van der Waals surface area contributed by atoms with E-state index in [4.69, 9.17) is 0 Å². The first-order valence-electron chi connectivity index (χ1n) is 29.1. The molecule has 0 atom stereocenters. The van der Waals surface area contributed by atoms with Gasteiger partial charge in [0.25, 0.3) is 0 Å². The Morgan fingerprint density at radius 2 is 1.18 bits per heavy atom. The van der Waals surface area contributed by atoms with Crippen LogP contribution in [-0.2, 0) is 39.9 Å². The number of anilines is 5. The van der Waals surface area contributed by atoms with Crippen LogP contribution in [-0.4, -0.2) is 7.28 Å². The summed E-state index contributed by atoms with van der Waals surface area (Å²) in [6.45, 7) is 38.8. The highest BCUT2D eigenvalue weighted by molar-refractivity contribution is 6.73. The second-order valence-electron chi connectivity index (χ2n) is 28.5. The van der Waals surface area contributed by atoms with Crippen molar-refractivity contribution in [2.24, 2.45) is 5.41 Å². The first-order chi connectivity index (χ1) is 35.7. The highest BCUT2D eigenvalue weighted by Gasteiger charge is 2.42. The van der Waals surface area contributed by atoms with Crippen LogP contribution in [0.1, 0.15) is 198 Å². The van der Waals surface area contributed by atoms with Crippen LogP contribution in [0.2, 0.25) is 0 Å². The molecule has 0 spiro atoms. The number of nitrogens with zero attached hydrogens (tertiary/aromatic N) is 1. The van der Waals surface area contributed by atoms with E-state index in [2.05, 4.69) is 244 Å². The molecule has 1 radical (unpaired) electrons. The third kappa shape index (κ3) is 9.18. The number of hydrogen-bond acceptors (Lipinski definition) is 2. The van der Waals surface area contributed by atoms with Gasteiger partial charge in [0, 0.05) is 40.4 Å². The molecule has 0 amide bonds. The zero-order valence-electron chi connectivity index (χ0n) is 49.4. The third-order valence-electron chi connectivity index (χ3n) is 19.1. The standard InChI is InChI=1S/C73H86BN2/c1-17-21-47-38-64(75-50-28-26-45(2)27-29-50)56(40-54(47)53-42-60-59(36-46(53)3)70(9,10)32-33-71(60,11)12)57-41-55-52-25-19-18-22-48(52)37-58(55)67-66(57)74-63-43-61-62(73(15,16)35-34-72(61,13)14)44-65(63)76(67)51-24-20-23-49(39-51)69(7,8)31-30-68(4,5)6/h18-20,22-29,36,38-44,75H,17,21,30-35,37H2,1-16H3. The van der Waals surface area contributed by atoms with Gasteiger partial charge < -0.3 is 10.2 Å². The molecule has 3 heteroatoms. The number of hydrogen-bond donors (Lipinski definition) is 1. The van der Waals surface area contributed by atoms with Gasteiger partial charge in [0.05, 0.1) is 0 Å². The van der Waals surface area contributed by atoms with Crippen molar-refractivity contribution in [1.29, 1.82) is 0 Å². The smallest absolute Gasteiger partial charge is 0.197 e. The van der Waals surface area contributed by atoms with Gasteiger partial charge in [0.1, 0.15) is 0 Å². The first kappa shape index (κ1) is 52.3. The number of benzene rings is 7. The Morgan fingerprint density at radius 1 is 0.566 bits per heavy atom. The predicted octanol–water partition coefficient (Wildman–Crippen LogP) is 19.1. The van der Waals surface area contributed by atoms with E-state index in [1.54, 1.807) is 0 Å². The number of rotatable bonds is 10. The Labute approximate surface area is 459 Å². The van der Waals surface area contributed by atoms with E-state index in [1.165, 1.54) is 149 Å². The van der Waals surface area contributed by atoms with E-state index in [0.29, 0.717) is 0 Å². The maximum Gasteiger partial charge on any atom is 0.197 e. The molecular formula is C73H86BN2. The van der Waals surface area contributed by atoms with E-state index in [9.17, 15) is 0 Å². The van der Waals surface area contributed by atoms with E-state index in [0.717, 1.165) is 37.1 Å². The van der Waals surface area contributed by atoms with E-state index < -0.39 is 0 Å². The zero-order valence-corrected chi connectivity index (χ0v) is 49.4. The lowest BCUT2D eigenvalue weighted by molar-refractivity contribution is 0.315. The highest BCUT2D eigenvalue weighted by atomic mass is 15.2. The van der Waals surface area contributed by atoms with E-state index >= 15 is 0 Å². The van der Waals surface area contributed by atoms with Crippen molar-refractivity contribution in [1.82, 2.24) is 0 Å². The zero-order chi connectivity index (χ0) is 54.1. The molecule has 0 saturated heterocycles. The van der Waals surface area contributed by atoms with Crippen molar-refractivity contribution in [2.45, 2.75) is 196 Å². The van der Waals surface area contributed by atoms with Gasteiger partial charge in [-0.2, -0.15) is 0 Å². The van der Waals surface area contributed by atoms with Crippen LogP contribution in [0.5, 0.6) is 0 Å². The highest BCUT2D eigenvalue weighted by Crippen LogP contribution is 2.54. The van der Waals surface area contributed by atoms with Crippen molar-refractivity contribution in [3.05, 3.63) is 171 Å². The molecule has 1 N–H and O–H groups in total. The lowest BCUT2D eigenvalue weighted by Crippen LogP contribution is -2.44.